The highest BCUT2D eigenvalue weighted by Crippen LogP contribution is 2.48. The summed E-state index contributed by atoms with van der Waals surface area (Å²) < 4.78 is 5.08. The predicted octanol–water partition coefficient (Wildman–Crippen LogP) is 5.29. The number of nitrogens with one attached hydrogen (secondary N) is 1. The van der Waals surface area contributed by atoms with Crippen molar-refractivity contribution in [3.63, 3.8) is 0 Å². The van der Waals surface area contributed by atoms with Gasteiger partial charge in [0, 0.05) is 30.4 Å². The van der Waals surface area contributed by atoms with Gasteiger partial charge in [-0.3, -0.25) is 9.59 Å². The molecule has 1 unspecified atom stereocenters. The Labute approximate surface area is 220 Å². The molecule has 1 fully saturated rings. The lowest BCUT2D eigenvalue weighted by Gasteiger charge is -2.44. The van der Waals surface area contributed by atoms with Gasteiger partial charge in [0.2, 0.25) is 0 Å². The van der Waals surface area contributed by atoms with Crippen molar-refractivity contribution in [2.24, 2.45) is 5.41 Å². The molecule has 5 rings (SSSR count). The van der Waals surface area contributed by atoms with E-state index in [-0.39, 0.29) is 17.7 Å². The van der Waals surface area contributed by atoms with Gasteiger partial charge in [-0.1, -0.05) is 60.7 Å². The molecule has 36 heavy (non-hydrogen) atoms. The number of fused-ring (bicyclic) bond motifs is 1. The minimum atomic E-state index is -0.604. The van der Waals surface area contributed by atoms with Crippen molar-refractivity contribution in [2.75, 3.05) is 18.6 Å². The van der Waals surface area contributed by atoms with Crippen LogP contribution in [0.5, 0.6) is 0 Å². The summed E-state index contributed by atoms with van der Waals surface area (Å²) in [6, 6.07) is 10.3. The molecule has 0 saturated heterocycles. The quantitative estimate of drug-likeness (QED) is 0.517. The largest absolute Gasteiger partial charge is 0.467 e. The van der Waals surface area contributed by atoms with E-state index < -0.39 is 11.5 Å². The van der Waals surface area contributed by atoms with E-state index in [4.69, 9.17) is 27.9 Å². The van der Waals surface area contributed by atoms with Crippen molar-refractivity contribution in [3.05, 3.63) is 74.9 Å². The second-order valence-corrected chi connectivity index (χ2v) is 10.6. The van der Waals surface area contributed by atoms with Crippen molar-refractivity contribution in [1.29, 1.82) is 0 Å². The van der Waals surface area contributed by atoms with Gasteiger partial charge in [0.1, 0.15) is 6.04 Å². The van der Waals surface area contributed by atoms with Crippen molar-refractivity contribution in [3.8, 4) is 0 Å². The normalized spacial score (nSPS) is 18.8. The van der Waals surface area contributed by atoms with E-state index in [2.05, 4.69) is 5.32 Å². The van der Waals surface area contributed by atoms with E-state index in [1.165, 1.54) is 7.11 Å². The SMILES string of the molecule is COC(=O)C(Cc1ccc2c(c1)CCN2C(=O)c1c(Cl)cccc1Cl)NC1=CC(=O)C12CCCCC2. The fourth-order valence-electron chi connectivity index (χ4n) is 5.70. The Morgan fingerprint density at radius 3 is 2.50 bits per heavy atom. The number of benzene rings is 2. The molecule has 2 aliphatic carbocycles. The number of anilines is 1. The van der Waals surface area contributed by atoms with Crippen LogP contribution in [0.2, 0.25) is 10.0 Å². The van der Waals surface area contributed by atoms with Crippen LogP contribution in [0.25, 0.3) is 0 Å². The van der Waals surface area contributed by atoms with Gasteiger partial charge in [0.05, 0.1) is 28.1 Å². The van der Waals surface area contributed by atoms with Gasteiger partial charge in [0.15, 0.2) is 5.78 Å². The third kappa shape index (κ3) is 4.31. The van der Waals surface area contributed by atoms with Crippen molar-refractivity contribution in [2.45, 2.75) is 51.0 Å². The molecular weight excluding hydrogens is 499 g/mol. The van der Waals surface area contributed by atoms with E-state index >= 15 is 0 Å². The van der Waals surface area contributed by atoms with Crippen LogP contribution in [-0.4, -0.2) is 37.4 Å². The Morgan fingerprint density at radius 1 is 1.11 bits per heavy atom. The van der Waals surface area contributed by atoms with E-state index in [1.54, 1.807) is 29.2 Å². The standard InChI is InChI=1S/C28H28Cl2N2O4/c1-36-27(35)21(31-23-16-24(33)28(23)11-3-2-4-12-28)15-17-8-9-22-18(14-17)10-13-32(22)26(34)25-19(29)6-5-7-20(25)30/h5-9,14,16,21,31H,2-4,10-13,15H2,1H3. The molecule has 0 bridgehead atoms. The molecule has 1 amide bonds. The number of amides is 1. The number of rotatable bonds is 6. The molecule has 1 atom stereocenters. The Balaban J connectivity index is 1.34. The summed E-state index contributed by atoms with van der Waals surface area (Å²) in [5.41, 5.74) is 3.49. The second kappa shape index (κ2) is 9.91. The van der Waals surface area contributed by atoms with Gasteiger partial charge in [0.25, 0.3) is 5.91 Å². The predicted molar refractivity (Wildman–Crippen MR) is 140 cm³/mol. The monoisotopic (exact) mass is 526 g/mol. The Bertz CT molecular complexity index is 1250. The first kappa shape index (κ1) is 24.8. The van der Waals surface area contributed by atoms with Crippen LogP contribution in [0, 0.1) is 5.41 Å². The molecule has 0 aromatic heterocycles. The van der Waals surface area contributed by atoms with Crippen LogP contribution < -0.4 is 10.2 Å². The van der Waals surface area contributed by atoms with Crippen LogP contribution >= 0.6 is 23.2 Å². The highest BCUT2D eigenvalue weighted by Gasteiger charge is 2.49. The molecule has 1 aliphatic heterocycles. The van der Waals surface area contributed by atoms with Crippen LogP contribution in [0.15, 0.2) is 48.2 Å². The number of allylic oxidation sites excluding steroid dienone is 2. The number of ether oxygens (including phenoxy) is 1. The minimum absolute atomic E-state index is 0.161. The molecule has 1 heterocycles. The highest BCUT2D eigenvalue weighted by atomic mass is 35.5. The third-order valence-electron chi connectivity index (χ3n) is 7.69. The summed E-state index contributed by atoms with van der Waals surface area (Å²) >= 11 is 12.5. The Morgan fingerprint density at radius 2 is 1.83 bits per heavy atom. The van der Waals surface area contributed by atoms with Gasteiger partial charge in [-0.25, -0.2) is 4.79 Å². The third-order valence-corrected chi connectivity index (χ3v) is 8.32. The number of hydrogen-bond acceptors (Lipinski definition) is 5. The fraction of sp³-hybridized carbons (Fsp3) is 0.393. The lowest BCUT2D eigenvalue weighted by atomic mass is 9.62. The summed E-state index contributed by atoms with van der Waals surface area (Å²) in [5.74, 6) is -0.438. The highest BCUT2D eigenvalue weighted by molar-refractivity contribution is 6.40. The van der Waals surface area contributed by atoms with Gasteiger partial charge in [-0.05, 0) is 48.6 Å². The lowest BCUT2D eigenvalue weighted by Crippen LogP contribution is -2.52. The molecule has 1 spiro atoms. The number of halogens is 2. The zero-order valence-electron chi connectivity index (χ0n) is 20.1. The van der Waals surface area contributed by atoms with Crippen LogP contribution in [-0.2, 0) is 27.2 Å². The maximum atomic E-state index is 13.2. The van der Waals surface area contributed by atoms with Crippen molar-refractivity contribution >= 4 is 46.5 Å². The topological polar surface area (TPSA) is 75.7 Å². The van der Waals surface area contributed by atoms with E-state index in [0.717, 1.165) is 54.6 Å². The average Bonchev–Trinajstić information content (AvgIpc) is 3.31. The number of ketones is 1. The maximum Gasteiger partial charge on any atom is 0.328 e. The summed E-state index contributed by atoms with van der Waals surface area (Å²) in [5, 5.41) is 3.99. The summed E-state index contributed by atoms with van der Waals surface area (Å²) in [6.07, 6.45) is 7.57. The number of carbonyl (C=O) groups is 3. The summed E-state index contributed by atoms with van der Waals surface area (Å²) in [7, 11) is 1.37. The van der Waals surface area contributed by atoms with Gasteiger partial charge in [-0.15, -0.1) is 0 Å². The van der Waals surface area contributed by atoms with Crippen LogP contribution in [0.4, 0.5) is 5.69 Å². The number of methoxy groups -OCH3 is 1. The zero-order chi connectivity index (χ0) is 25.4. The second-order valence-electron chi connectivity index (χ2n) is 9.76. The van der Waals surface area contributed by atoms with Crippen molar-refractivity contribution < 1.29 is 19.1 Å². The van der Waals surface area contributed by atoms with Crippen LogP contribution in [0.3, 0.4) is 0 Å². The fourth-order valence-corrected chi connectivity index (χ4v) is 6.26. The Hall–Kier alpha value is -2.83. The van der Waals surface area contributed by atoms with Gasteiger partial charge in [-0.2, -0.15) is 0 Å². The lowest BCUT2D eigenvalue weighted by molar-refractivity contribution is -0.143. The summed E-state index contributed by atoms with van der Waals surface area (Å²) in [4.78, 5) is 40.1. The molecular formula is C28H28Cl2N2O4. The van der Waals surface area contributed by atoms with Gasteiger partial charge < -0.3 is 15.0 Å². The average molecular weight is 527 g/mol. The first-order chi connectivity index (χ1) is 17.3. The molecule has 2 aromatic carbocycles. The number of esters is 1. The molecule has 8 heteroatoms. The van der Waals surface area contributed by atoms with Gasteiger partial charge >= 0.3 is 5.97 Å². The molecule has 2 aromatic rings. The summed E-state index contributed by atoms with van der Waals surface area (Å²) in [6.45, 7) is 0.523. The number of nitrogens with zero attached hydrogens (tertiary/aromatic N) is 1. The molecule has 0 radical (unpaired) electrons. The molecule has 3 aliphatic rings. The minimum Gasteiger partial charge on any atom is -0.467 e. The number of carbonyl (C=O) groups excluding carboxylic acids is 3. The molecule has 1 N–H and O–H groups in total. The van der Waals surface area contributed by atoms with Crippen LogP contribution in [0.1, 0.15) is 53.6 Å². The first-order valence-corrected chi connectivity index (χ1v) is 13.1. The first-order valence-electron chi connectivity index (χ1n) is 12.3. The molecule has 6 nitrogen and oxygen atoms in total. The molecule has 188 valence electrons. The Kier molecular flexibility index (Phi) is 6.84. The number of hydrogen-bond donors (Lipinski definition) is 1. The zero-order valence-corrected chi connectivity index (χ0v) is 21.6. The van der Waals surface area contributed by atoms with E-state index in [1.807, 2.05) is 18.2 Å². The molecule has 1 saturated carbocycles. The van der Waals surface area contributed by atoms with Crippen molar-refractivity contribution in [1.82, 2.24) is 5.32 Å². The smallest absolute Gasteiger partial charge is 0.328 e. The van der Waals surface area contributed by atoms with E-state index in [0.29, 0.717) is 35.0 Å². The maximum absolute atomic E-state index is 13.2. The van der Waals surface area contributed by atoms with E-state index in [9.17, 15) is 14.4 Å².